The lowest BCUT2D eigenvalue weighted by Gasteiger charge is -2.16. The second-order valence-electron chi connectivity index (χ2n) is 5.06. The van der Waals surface area contributed by atoms with Crippen molar-refractivity contribution < 1.29 is 4.74 Å². The summed E-state index contributed by atoms with van der Waals surface area (Å²) in [5, 5.41) is 3.49. The lowest BCUT2D eigenvalue weighted by molar-refractivity contribution is 0.191. The van der Waals surface area contributed by atoms with Gasteiger partial charge in [0.05, 0.1) is 6.61 Å². The third-order valence-electron chi connectivity index (χ3n) is 2.87. The van der Waals surface area contributed by atoms with Crippen LogP contribution in [0, 0.1) is 11.8 Å². The van der Waals surface area contributed by atoms with Crippen molar-refractivity contribution in [3.8, 4) is 0 Å². The molecule has 1 N–H and O–H groups in total. The first-order valence-electron chi connectivity index (χ1n) is 6.11. The fourth-order valence-electron chi connectivity index (χ4n) is 1.76. The largest absolute Gasteiger partial charge is 0.381 e. The van der Waals surface area contributed by atoms with Crippen LogP contribution in [0.25, 0.3) is 0 Å². The van der Waals surface area contributed by atoms with Crippen molar-refractivity contribution in [3.05, 3.63) is 11.6 Å². The average Bonchev–Trinajstić information content (AvgIpc) is 2.63. The molecule has 1 rings (SSSR count). The van der Waals surface area contributed by atoms with Crippen LogP contribution in [0.1, 0.15) is 34.1 Å². The molecule has 2 nitrogen and oxygen atoms in total. The van der Waals surface area contributed by atoms with Crippen LogP contribution in [0.15, 0.2) is 11.6 Å². The molecule has 0 amide bonds. The molecule has 2 heteroatoms. The molecule has 1 unspecified atom stereocenters. The maximum absolute atomic E-state index is 5.40. The minimum absolute atomic E-state index is 0.562. The Hall–Kier alpha value is -0.340. The molecule has 0 radical (unpaired) electrons. The zero-order valence-electron chi connectivity index (χ0n) is 10.5. The lowest BCUT2D eigenvalue weighted by atomic mass is 9.97. The van der Waals surface area contributed by atoms with Gasteiger partial charge in [-0.2, -0.15) is 0 Å². The molecule has 0 aromatic rings. The predicted molar refractivity (Wildman–Crippen MR) is 65.0 cm³/mol. The summed E-state index contributed by atoms with van der Waals surface area (Å²) in [5.74, 6) is 1.29. The molecule has 15 heavy (non-hydrogen) atoms. The summed E-state index contributed by atoms with van der Waals surface area (Å²) in [4.78, 5) is 0. The first-order valence-corrected chi connectivity index (χ1v) is 6.11. The highest BCUT2D eigenvalue weighted by Gasteiger charge is 2.15. The summed E-state index contributed by atoms with van der Waals surface area (Å²) in [6, 6.07) is 0.562. The van der Waals surface area contributed by atoms with Crippen LogP contribution in [0.5, 0.6) is 0 Å². The molecule has 0 bridgehead atoms. The summed E-state index contributed by atoms with van der Waals surface area (Å²) < 4.78 is 5.40. The van der Waals surface area contributed by atoms with Gasteiger partial charge in [-0.05, 0) is 12.3 Å². The molecule has 1 saturated heterocycles. The first kappa shape index (κ1) is 12.7. The van der Waals surface area contributed by atoms with Gasteiger partial charge >= 0.3 is 0 Å². The summed E-state index contributed by atoms with van der Waals surface area (Å²) in [6.45, 7) is 11.8. The second kappa shape index (κ2) is 6.29. The van der Waals surface area contributed by atoms with E-state index in [1.807, 2.05) is 0 Å². The van der Waals surface area contributed by atoms with Crippen LogP contribution in [-0.4, -0.2) is 25.8 Å². The number of hydrogen-bond donors (Lipinski definition) is 1. The van der Waals surface area contributed by atoms with Crippen molar-refractivity contribution >= 4 is 0 Å². The summed E-state index contributed by atoms with van der Waals surface area (Å²) in [5.41, 5.74) is 1.53. The molecule has 1 aliphatic heterocycles. The van der Waals surface area contributed by atoms with Crippen LogP contribution >= 0.6 is 0 Å². The van der Waals surface area contributed by atoms with Gasteiger partial charge in [0.25, 0.3) is 0 Å². The SMILES string of the molecule is CC(C)NC/C(=C\C1CCOC1)C(C)C. The van der Waals surface area contributed by atoms with Crippen molar-refractivity contribution in [2.75, 3.05) is 19.8 Å². The minimum Gasteiger partial charge on any atom is -0.381 e. The topological polar surface area (TPSA) is 21.3 Å². The lowest BCUT2D eigenvalue weighted by Crippen LogP contribution is -2.26. The van der Waals surface area contributed by atoms with Gasteiger partial charge in [0.2, 0.25) is 0 Å². The highest BCUT2D eigenvalue weighted by atomic mass is 16.5. The van der Waals surface area contributed by atoms with E-state index in [9.17, 15) is 0 Å². The van der Waals surface area contributed by atoms with Crippen molar-refractivity contribution in [2.24, 2.45) is 11.8 Å². The van der Waals surface area contributed by atoms with Crippen LogP contribution in [0.2, 0.25) is 0 Å². The standard InChI is InChI=1S/C13H25NO/c1-10(2)13(8-14-11(3)4)7-12-5-6-15-9-12/h7,10-12,14H,5-6,8-9H2,1-4H3/b13-7+. The molecule has 0 aliphatic carbocycles. The van der Waals surface area contributed by atoms with Crippen LogP contribution in [0.4, 0.5) is 0 Å². The molecule has 1 aliphatic rings. The van der Waals surface area contributed by atoms with Gasteiger partial charge < -0.3 is 10.1 Å². The average molecular weight is 211 g/mol. The van der Waals surface area contributed by atoms with E-state index in [-0.39, 0.29) is 0 Å². The maximum Gasteiger partial charge on any atom is 0.0529 e. The Morgan fingerprint density at radius 3 is 2.60 bits per heavy atom. The van der Waals surface area contributed by atoms with Crippen molar-refractivity contribution in [2.45, 2.75) is 40.2 Å². The molecule has 0 spiro atoms. The van der Waals surface area contributed by atoms with Gasteiger partial charge in [-0.15, -0.1) is 0 Å². The van der Waals surface area contributed by atoms with Crippen molar-refractivity contribution in [3.63, 3.8) is 0 Å². The zero-order valence-corrected chi connectivity index (χ0v) is 10.5. The van der Waals surface area contributed by atoms with Gasteiger partial charge in [-0.25, -0.2) is 0 Å². The van der Waals surface area contributed by atoms with E-state index in [4.69, 9.17) is 4.74 Å². The van der Waals surface area contributed by atoms with E-state index >= 15 is 0 Å². The molecule has 88 valence electrons. The molecule has 0 saturated carbocycles. The third-order valence-corrected chi connectivity index (χ3v) is 2.87. The van der Waals surface area contributed by atoms with E-state index in [1.165, 1.54) is 12.0 Å². The number of rotatable bonds is 5. The third kappa shape index (κ3) is 4.80. The van der Waals surface area contributed by atoms with E-state index < -0.39 is 0 Å². The number of ether oxygens (including phenoxy) is 1. The van der Waals surface area contributed by atoms with Crippen LogP contribution < -0.4 is 5.32 Å². The molecule has 0 aromatic carbocycles. The molecule has 1 fully saturated rings. The smallest absolute Gasteiger partial charge is 0.0529 e. The Kier molecular flexibility index (Phi) is 5.34. The second-order valence-corrected chi connectivity index (χ2v) is 5.06. The fourth-order valence-corrected chi connectivity index (χ4v) is 1.76. The Balaban J connectivity index is 2.48. The Bertz CT molecular complexity index is 203. The minimum atomic E-state index is 0.562. The van der Waals surface area contributed by atoms with Crippen molar-refractivity contribution in [1.82, 2.24) is 5.32 Å². The highest BCUT2D eigenvalue weighted by Crippen LogP contribution is 2.19. The van der Waals surface area contributed by atoms with Crippen molar-refractivity contribution in [1.29, 1.82) is 0 Å². The Morgan fingerprint density at radius 1 is 1.40 bits per heavy atom. The van der Waals surface area contributed by atoms with E-state index in [1.54, 1.807) is 0 Å². The van der Waals surface area contributed by atoms with Gasteiger partial charge in [-0.1, -0.05) is 39.3 Å². The van der Waals surface area contributed by atoms with Gasteiger partial charge in [0, 0.05) is 25.1 Å². The Labute approximate surface area is 94.1 Å². The number of nitrogens with one attached hydrogen (secondary N) is 1. The van der Waals surface area contributed by atoms with Gasteiger partial charge in [0.15, 0.2) is 0 Å². The Morgan fingerprint density at radius 2 is 2.13 bits per heavy atom. The first-order chi connectivity index (χ1) is 7.09. The number of hydrogen-bond acceptors (Lipinski definition) is 2. The van der Waals surface area contributed by atoms with Crippen LogP contribution in [-0.2, 0) is 4.74 Å². The van der Waals surface area contributed by atoms with E-state index in [0.717, 1.165) is 19.8 Å². The normalized spacial score (nSPS) is 23.1. The van der Waals surface area contributed by atoms with E-state index in [2.05, 4.69) is 39.1 Å². The highest BCUT2D eigenvalue weighted by molar-refractivity contribution is 5.09. The monoisotopic (exact) mass is 211 g/mol. The van der Waals surface area contributed by atoms with Gasteiger partial charge in [-0.3, -0.25) is 0 Å². The maximum atomic E-state index is 5.40. The molecule has 0 aromatic heterocycles. The summed E-state index contributed by atoms with van der Waals surface area (Å²) >= 11 is 0. The predicted octanol–water partition coefficient (Wildman–Crippen LogP) is 2.60. The molecule has 1 atom stereocenters. The molecular weight excluding hydrogens is 186 g/mol. The fraction of sp³-hybridized carbons (Fsp3) is 0.846. The quantitative estimate of drug-likeness (QED) is 0.706. The van der Waals surface area contributed by atoms with E-state index in [0.29, 0.717) is 17.9 Å². The summed E-state index contributed by atoms with van der Waals surface area (Å²) in [7, 11) is 0. The van der Waals surface area contributed by atoms with Gasteiger partial charge in [0.1, 0.15) is 0 Å². The molecule has 1 heterocycles. The summed E-state index contributed by atoms with van der Waals surface area (Å²) in [6.07, 6.45) is 3.62. The van der Waals surface area contributed by atoms with Crippen LogP contribution in [0.3, 0.4) is 0 Å². The zero-order chi connectivity index (χ0) is 11.3. The molecular formula is C13H25NO.